The zero-order chi connectivity index (χ0) is 19.5. The summed E-state index contributed by atoms with van der Waals surface area (Å²) in [6.07, 6.45) is 1.05. The normalized spacial score (nSPS) is 11.6. The fourth-order valence-electron chi connectivity index (χ4n) is 2.78. The Bertz CT molecular complexity index is 732. The van der Waals surface area contributed by atoms with Crippen LogP contribution in [0.3, 0.4) is 0 Å². The first-order valence-electron chi connectivity index (χ1n) is 8.94. The molecule has 6 nitrogen and oxygen atoms in total. The summed E-state index contributed by atoms with van der Waals surface area (Å²) in [6, 6.07) is 13.3. The molecule has 1 aromatic heterocycles. The molecule has 1 atom stereocenters. The van der Waals surface area contributed by atoms with Gasteiger partial charge in [0.05, 0.1) is 4.88 Å². The third kappa shape index (κ3) is 7.22. The number of nitrogens with one attached hydrogen (secondary N) is 2. The van der Waals surface area contributed by atoms with Crippen LogP contribution in [0.15, 0.2) is 47.8 Å². The molecule has 144 valence electrons. The molecule has 2 rings (SSSR count). The maximum Gasteiger partial charge on any atom is 0.404 e. The maximum absolute atomic E-state index is 12.8. The van der Waals surface area contributed by atoms with Crippen LogP contribution in [0.4, 0.5) is 4.79 Å². The van der Waals surface area contributed by atoms with Gasteiger partial charge >= 0.3 is 6.09 Å². The number of unbranched alkanes of at least 4 members (excludes halogenated alkanes) is 1. The van der Waals surface area contributed by atoms with Crippen molar-refractivity contribution in [3.63, 3.8) is 0 Å². The standard InChI is InChI=1S/C20H24N2O4S/c23-18(10-4-5-12-22-20(25)26)21-13-11-16(15-7-2-1-3-8-15)19(24)17-9-6-14-27-17/h1-3,6-9,14,16,22H,4-5,10-13H2,(H,21,23)(H,25,26). The van der Waals surface area contributed by atoms with E-state index in [1.165, 1.54) is 11.3 Å². The van der Waals surface area contributed by atoms with E-state index in [-0.39, 0.29) is 17.6 Å². The zero-order valence-corrected chi connectivity index (χ0v) is 15.8. The van der Waals surface area contributed by atoms with Crippen LogP contribution in [0, 0.1) is 0 Å². The van der Waals surface area contributed by atoms with E-state index >= 15 is 0 Å². The second kappa shape index (κ2) is 11.1. The molecule has 27 heavy (non-hydrogen) atoms. The number of amides is 2. The molecular formula is C20H24N2O4S. The lowest BCUT2D eigenvalue weighted by Gasteiger charge is -2.16. The Balaban J connectivity index is 1.81. The van der Waals surface area contributed by atoms with Gasteiger partial charge in [-0.05, 0) is 36.3 Å². The Morgan fingerprint density at radius 1 is 0.963 bits per heavy atom. The highest BCUT2D eigenvalue weighted by Gasteiger charge is 2.22. The highest BCUT2D eigenvalue weighted by atomic mass is 32.1. The summed E-state index contributed by atoms with van der Waals surface area (Å²) in [5.74, 6) is -0.296. The Hall–Kier alpha value is -2.67. The molecule has 0 fully saturated rings. The van der Waals surface area contributed by atoms with E-state index in [9.17, 15) is 14.4 Å². The summed E-state index contributed by atoms with van der Waals surface area (Å²) in [5, 5.41) is 15.5. The smallest absolute Gasteiger partial charge is 0.404 e. The fourth-order valence-corrected chi connectivity index (χ4v) is 3.49. The van der Waals surface area contributed by atoms with E-state index in [1.54, 1.807) is 0 Å². The molecule has 0 aliphatic carbocycles. The molecule has 0 saturated heterocycles. The molecule has 0 aliphatic rings. The number of thiophene rings is 1. The first-order valence-corrected chi connectivity index (χ1v) is 9.82. The number of ketones is 1. The lowest BCUT2D eigenvalue weighted by Crippen LogP contribution is -2.27. The monoisotopic (exact) mass is 388 g/mol. The lowest BCUT2D eigenvalue weighted by molar-refractivity contribution is -0.121. The fraction of sp³-hybridized carbons (Fsp3) is 0.350. The molecule has 1 aromatic carbocycles. The van der Waals surface area contributed by atoms with Crippen molar-refractivity contribution in [2.75, 3.05) is 13.1 Å². The molecule has 3 N–H and O–H groups in total. The second-order valence-electron chi connectivity index (χ2n) is 6.13. The van der Waals surface area contributed by atoms with Crippen molar-refractivity contribution in [2.45, 2.75) is 31.6 Å². The Morgan fingerprint density at radius 3 is 2.41 bits per heavy atom. The van der Waals surface area contributed by atoms with Crippen molar-refractivity contribution < 1.29 is 19.5 Å². The average Bonchev–Trinajstić information content (AvgIpc) is 3.20. The van der Waals surface area contributed by atoms with Crippen LogP contribution in [0.1, 0.15) is 46.8 Å². The molecule has 0 aliphatic heterocycles. The summed E-state index contributed by atoms with van der Waals surface area (Å²) >= 11 is 1.43. The largest absolute Gasteiger partial charge is 0.465 e. The molecule has 7 heteroatoms. The first-order chi connectivity index (χ1) is 13.1. The highest BCUT2D eigenvalue weighted by Crippen LogP contribution is 2.26. The van der Waals surface area contributed by atoms with Crippen molar-refractivity contribution in [3.8, 4) is 0 Å². The molecule has 1 unspecified atom stereocenters. The van der Waals surface area contributed by atoms with Crippen molar-refractivity contribution >= 4 is 29.1 Å². The Morgan fingerprint density at radius 2 is 1.74 bits per heavy atom. The maximum atomic E-state index is 12.8. The predicted molar refractivity (Wildman–Crippen MR) is 105 cm³/mol. The first kappa shape index (κ1) is 20.6. The van der Waals surface area contributed by atoms with Gasteiger partial charge in [0.15, 0.2) is 5.78 Å². The number of Topliss-reactive ketones (excluding diaryl/α,β-unsaturated/α-hetero) is 1. The number of hydrogen-bond acceptors (Lipinski definition) is 4. The SMILES string of the molecule is O=C(O)NCCCCC(=O)NCCC(C(=O)c1cccs1)c1ccccc1. The number of carbonyl (C=O) groups excluding carboxylic acids is 2. The van der Waals surface area contributed by atoms with E-state index < -0.39 is 6.09 Å². The number of carbonyl (C=O) groups is 3. The van der Waals surface area contributed by atoms with E-state index in [4.69, 9.17) is 5.11 Å². The van der Waals surface area contributed by atoms with Gasteiger partial charge in [0.2, 0.25) is 5.91 Å². The van der Waals surface area contributed by atoms with Crippen LogP contribution in [-0.2, 0) is 4.79 Å². The average molecular weight is 388 g/mol. The van der Waals surface area contributed by atoms with Gasteiger partial charge in [-0.25, -0.2) is 4.79 Å². The van der Waals surface area contributed by atoms with Crippen LogP contribution in [0.25, 0.3) is 0 Å². The molecule has 0 radical (unpaired) electrons. The van der Waals surface area contributed by atoms with Gasteiger partial charge in [-0.2, -0.15) is 0 Å². The molecule has 0 bridgehead atoms. The predicted octanol–water partition coefficient (Wildman–Crippen LogP) is 3.66. The van der Waals surface area contributed by atoms with Crippen molar-refractivity contribution in [3.05, 3.63) is 58.3 Å². The van der Waals surface area contributed by atoms with Crippen molar-refractivity contribution in [1.82, 2.24) is 10.6 Å². The molecule has 0 saturated carbocycles. The lowest BCUT2D eigenvalue weighted by atomic mass is 9.90. The summed E-state index contributed by atoms with van der Waals surface area (Å²) in [4.78, 5) is 35.8. The zero-order valence-electron chi connectivity index (χ0n) is 15.0. The summed E-state index contributed by atoms with van der Waals surface area (Å²) in [7, 11) is 0. The van der Waals surface area contributed by atoms with Crippen LogP contribution in [0.5, 0.6) is 0 Å². The van der Waals surface area contributed by atoms with E-state index in [0.29, 0.717) is 38.8 Å². The van der Waals surface area contributed by atoms with Gasteiger partial charge in [-0.3, -0.25) is 9.59 Å². The summed E-state index contributed by atoms with van der Waals surface area (Å²) in [5.41, 5.74) is 0.949. The minimum absolute atomic E-state index is 0.0743. The second-order valence-corrected chi connectivity index (χ2v) is 7.08. The third-order valence-electron chi connectivity index (χ3n) is 4.14. The number of rotatable bonds is 11. The van der Waals surface area contributed by atoms with Gasteiger partial charge in [0.1, 0.15) is 0 Å². The quantitative estimate of drug-likeness (QED) is 0.404. The van der Waals surface area contributed by atoms with Gasteiger partial charge in [-0.15, -0.1) is 11.3 Å². The Labute approximate surface area is 162 Å². The van der Waals surface area contributed by atoms with E-state index in [1.807, 2.05) is 47.8 Å². The van der Waals surface area contributed by atoms with E-state index in [0.717, 1.165) is 10.4 Å². The van der Waals surface area contributed by atoms with Crippen molar-refractivity contribution in [1.29, 1.82) is 0 Å². The number of hydrogen-bond donors (Lipinski definition) is 3. The van der Waals surface area contributed by atoms with E-state index in [2.05, 4.69) is 10.6 Å². The topological polar surface area (TPSA) is 95.5 Å². The minimum Gasteiger partial charge on any atom is -0.465 e. The molecule has 1 heterocycles. The third-order valence-corrected chi connectivity index (χ3v) is 5.03. The summed E-state index contributed by atoms with van der Waals surface area (Å²) < 4.78 is 0. The molecule has 2 aromatic rings. The van der Waals surface area contributed by atoms with Crippen LogP contribution < -0.4 is 10.6 Å². The molecule has 0 spiro atoms. The minimum atomic E-state index is -1.05. The van der Waals surface area contributed by atoms with Crippen LogP contribution in [0.2, 0.25) is 0 Å². The van der Waals surface area contributed by atoms with Crippen molar-refractivity contribution in [2.24, 2.45) is 0 Å². The Kier molecular flexibility index (Phi) is 8.51. The van der Waals surface area contributed by atoms with Crippen LogP contribution in [-0.4, -0.2) is 36.0 Å². The number of carboxylic acid groups (broad SMARTS) is 1. The molecular weight excluding hydrogens is 364 g/mol. The van der Waals surface area contributed by atoms with Gasteiger partial charge in [-0.1, -0.05) is 36.4 Å². The van der Waals surface area contributed by atoms with Gasteiger partial charge in [0, 0.05) is 25.4 Å². The number of benzene rings is 1. The van der Waals surface area contributed by atoms with Gasteiger partial charge in [0.25, 0.3) is 0 Å². The molecule has 2 amide bonds. The summed E-state index contributed by atoms with van der Waals surface area (Å²) in [6.45, 7) is 0.761. The van der Waals surface area contributed by atoms with Crippen LogP contribution >= 0.6 is 11.3 Å². The highest BCUT2D eigenvalue weighted by molar-refractivity contribution is 7.12. The van der Waals surface area contributed by atoms with Gasteiger partial charge < -0.3 is 15.7 Å².